The van der Waals surface area contributed by atoms with E-state index in [4.69, 9.17) is 0 Å². The lowest BCUT2D eigenvalue weighted by Gasteiger charge is -2.14. The van der Waals surface area contributed by atoms with E-state index in [0.29, 0.717) is 5.82 Å². The molecule has 0 aliphatic heterocycles. The number of carbonyl (C=O) groups is 1. The first kappa shape index (κ1) is 17.6. The van der Waals surface area contributed by atoms with E-state index < -0.39 is 0 Å². The van der Waals surface area contributed by atoms with Crippen LogP contribution in [0.25, 0.3) is 0 Å². The van der Waals surface area contributed by atoms with E-state index in [9.17, 15) is 9.18 Å². The lowest BCUT2D eigenvalue weighted by atomic mass is 10.1. The number of nitrogens with one attached hydrogen (secondary N) is 3. The van der Waals surface area contributed by atoms with Gasteiger partial charge in [-0.05, 0) is 48.7 Å². The van der Waals surface area contributed by atoms with Gasteiger partial charge in [0, 0.05) is 5.69 Å². The second-order valence-corrected chi connectivity index (χ2v) is 5.94. The molecule has 1 heterocycles. The van der Waals surface area contributed by atoms with Gasteiger partial charge in [0.15, 0.2) is 11.5 Å². The summed E-state index contributed by atoms with van der Waals surface area (Å²) >= 11 is 0. The standard InChI is InChI=1S/C19H20FN5O/c1-3-13-4-10-16(11-5-13)22-18-17(23-25-24-18)19(26)21-12(2)14-6-8-15(20)9-7-14/h4-12H,3H2,1-2H3,(H,21,26)(H2,22,23,24,25). The minimum absolute atomic E-state index is 0.165. The van der Waals surface area contributed by atoms with Crippen LogP contribution in [0.1, 0.15) is 41.5 Å². The number of hydrogen-bond acceptors (Lipinski definition) is 4. The zero-order chi connectivity index (χ0) is 18.5. The highest BCUT2D eigenvalue weighted by Gasteiger charge is 2.19. The molecule has 0 aliphatic carbocycles. The van der Waals surface area contributed by atoms with E-state index in [0.717, 1.165) is 17.7 Å². The molecule has 0 saturated heterocycles. The summed E-state index contributed by atoms with van der Waals surface area (Å²) in [5.74, 6) is -0.342. The number of anilines is 2. The molecule has 3 aromatic rings. The highest BCUT2D eigenvalue weighted by molar-refractivity contribution is 5.97. The highest BCUT2D eigenvalue weighted by Crippen LogP contribution is 2.19. The molecule has 3 rings (SSSR count). The number of halogens is 1. The van der Waals surface area contributed by atoms with Crippen LogP contribution < -0.4 is 10.6 Å². The quantitative estimate of drug-likeness (QED) is 0.630. The summed E-state index contributed by atoms with van der Waals surface area (Å²) in [6.07, 6.45) is 0.958. The van der Waals surface area contributed by atoms with Crippen molar-refractivity contribution in [2.45, 2.75) is 26.3 Å². The molecule has 26 heavy (non-hydrogen) atoms. The zero-order valence-corrected chi connectivity index (χ0v) is 14.6. The van der Waals surface area contributed by atoms with Crippen LogP contribution >= 0.6 is 0 Å². The van der Waals surface area contributed by atoms with Crippen molar-refractivity contribution in [3.8, 4) is 0 Å². The molecule has 0 radical (unpaired) electrons. The van der Waals surface area contributed by atoms with Crippen molar-refractivity contribution >= 4 is 17.4 Å². The van der Waals surface area contributed by atoms with Crippen molar-refractivity contribution in [2.75, 3.05) is 5.32 Å². The second-order valence-electron chi connectivity index (χ2n) is 5.94. The molecule has 3 N–H and O–H groups in total. The average Bonchev–Trinajstić information content (AvgIpc) is 3.11. The molecule has 1 aromatic heterocycles. The molecule has 0 aliphatic rings. The molecule has 0 bridgehead atoms. The largest absolute Gasteiger partial charge is 0.344 e. The third-order valence-electron chi connectivity index (χ3n) is 4.11. The minimum atomic E-state index is -0.372. The third-order valence-corrected chi connectivity index (χ3v) is 4.11. The van der Waals surface area contributed by atoms with Gasteiger partial charge in [-0.2, -0.15) is 5.21 Å². The van der Waals surface area contributed by atoms with Crippen molar-refractivity contribution in [3.05, 3.63) is 71.2 Å². The Labute approximate surface area is 150 Å². The van der Waals surface area contributed by atoms with Crippen LogP contribution in [0.4, 0.5) is 15.9 Å². The fraction of sp³-hybridized carbons (Fsp3) is 0.211. The van der Waals surface area contributed by atoms with E-state index >= 15 is 0 Å². The Bertz CT molecular complexity index is 874. The summed E-state index contributed by atoms with van der Waals surface area (Å²) < 4.78 is 13.0. The number of aryl methyl sites for hydroxylation is 1. The number of benzene rings is 2. The van der Waals surface area contributed by atoms with Gasteiger partial charge in [0.1, 0.15) is 5.82 Å². The van der Waals surface area contributed by atoms with Gasteiger partial charge in [-0.25, -0.2) is 4.39 Å². The number of aromatic nitrogens is 3. The van der Waals surface area contributed by atoms with Crippen molar-refractivity contribution in [2.24, 2.45) is 0 Å². The Balaban J connectivity index is 1.70. The summed E-state index contributed by atoms with van der Waals surface area (Å²) in [6.45, 7) is 3.91. The van der Waals surface area contributed by atoms with Gasteiger partial charge in [0.25, 0.3) is 5.91 Å². The number of nitrogens with zero attached hydrogens (tertiary/aromatic N) is 2. The van der Waals surface area contributed by atoms with E-state index in [1.165, 1.54) is 17.7 Å². The van der Waals surface area contributed by atoms with Gasteiger partial charge in [-0.15, -0.1) is 10.2 Å². The summed E-state index contributed by atoms with van der Waals surface area (Å²) in [5, 5.41) is 16.3. The maximum absolute atomic E-state index is 13.0. The summed E-state index contributed by atoms with van der Waals surface area (Å²) in [7, 11) is 0. The topological polar surface area (TPSA) is 82.7 Å². The molecule has 6 nitrogen and oxygen atoms in total. The Morgan fingerprint density at radius 2 is 1.81 bits per heavy atom. The zero-order valence-electron chi connectivity index (χ0n) is 14.6. The smallest absolute Gasteiger partial charge is 0.276 e. The number of carbonyl (C=O) groups excluding carboxylic acids is 1. The molecular formula is C19H20FN5O. The molecule has 0 saturated carbocycles. The molecule has 1 atom stereocenters. The predicted molar refractivity (Wildman–Crippen MR) is 97.8 cm³/mol. The van der Waals surface area contributed by atoms with Gasteiger partial charge >= 0.3 is 0 Å². The van der Waals surface area contributed by atoms with Crippen molar-refractivity contribution in [1.82, 2.24) is 20.7 Å². The Morgan fingerprint density at radius 3 is 2.46 bits per heavy atom. The fourth-order valence-electron chi connectivity index (χ4n) is 2.54. The van der Waals surface area contributed by atoms with E-state index in [-0.39, 0.29) is 23.5 Å². The highest BCUT2D eigenvalue weighted by atomic mass is 19.1. The van der Waals surface area contributed by atoms with Gasteiger partial charge in [-0.3, -0.25) is 4.79 Å². The summed E-state index contributed by atoms with van der Waals surface area (Å²) in [6, 6.07) is 13.6. The van der Waals surface area contributed by atoms with E-state index in [2.05, 4.69) is 33.0 Å². The molecule has 0 spiro atoms. The second kappa shape index (κ2) is 7.77. The van der Waals surface area contributed by atoms with Crippen molar-refractivity contribution < 1.29 is 9.18 Å². The number of hydrogen-bond donors (Lipinski definition) is 3. The maximum atomic E-state index is 13.0. The number of aromatic amines is 1. The van der Waals surface area contributed by atoms with Gasteiger partial charge in [0.2, 0.25) is 0 Å². The number of amides is 1. The lowest BCUT2D eigenvalue weighted by molar-refractivity contribution is 0.0935. The Hall–Kier alpha value is -3.22. The molecule has 7 heteroatoms. The van der Waals surface area contributed by atoms with Crippen LogP contribution in [-0.2, 0) is 6.42 Å². The van der Waals surface area contributed by atoms with Crippen LogP contribution in [0, 0.1) is 5.82 Å². The van der Waals surface area contributed by atoms with E-state index in [1.54, 1.807) is 12.1 Å². The van der Waals surface area contributed by atoms with Gasteiger partial charge in [0.05, 0.1) is 6.04 Å². The molecule has 1 unspecified atom stereocenters. The monoisotopic (exact) mass is 353 g/mol. The number of rotatable bonds is 6. The maximum Gasteiger partial charge on any atom is 0.276 e. The SMILES string of the molecule is CCc1ccc(Nc2n[nH]nc2C(=O)NC(C)c2ccc(F)cc2)cc1. The van der Waals surface area contributed by atoms with Crippen LogP contribution in [0.15, 0.2) is 48.5 Å². The van der Waals surface area contributed by atoms with Crippen LogP contribution in [0.2, 0.25) is 0 Å². The third kappa shape index (κ3) is 4.05. The Morgan fingerprint density at radius 1 is 1.12 bits per heavy atom. The van der Waals surface area contributed by atoms with Crippen molar-refractivity contribution in [3.63, 3.8) is 0 Å². The van der Waals surface area contributed by atoms with Crippen molar-refractivity contribution in [1.29, 1.82) is 0 Å². The van der Waals surface area contributed by atoms with Gasteiger partial charge < -0.3 is 10.6 Å². The summed E-state index contributed by atoms with van der Waals surface area (Å²) in [4.78, 5) is 12.5. The van der Waals surface area contributed by atoms with Gasteiger partial charge in [-0.1, -0.05) is 31.2 Å². The molecular weight excluding hydrogens is 333 g/mol. The lowest BCUT2D eigenvalue weighted by Crippen LogP contribution is -2.27. The fourth-order valence-corrected chi connectivity index (χ4v) is 2.54. The molecule has 0 fully saturated rings. The first-order chi connectivity index (χ1) is 12.6. The Kier molecular flexibility index (Phi) is 5.26. The van der Waals surface area contributed by atoms with Crippen LogP contribution in [0.3, 0.4) is 0 Å². The normalized spacial score (nSPS) is 11.8. The first-order valence-corrected chi connectivity index (χ1v) is 8.40. The number of H-pyrrole nitrogens is 1. The minimum Gasteiger partial charge on any atom is -0.344 e. The van der Waals surface area contributed by atoms with E-state index in [1.807, 2.05) is 31.2 Å². The molecule has 1 amide bonds. The predicted octanol–water partition coefficient (Wildman–Crippen LogP) is 3.74. The first-order valence-electron chi connectivity index (χ1n) is 8.40. The molecule has 134 valence electrons. The summed E-state index contributed by atoms with van der Waals surface area (Å²) in [5.41, 5.74) is 3.00. The molecule has 2 aromatic carbocycles. The average molecular weight is 353 g/mol. The van der Waals surface area contributed by atoms with Crippen LogP contribution in [-0.4, -0.2) is 21.3 Å². The van der Waals surface area contributed by atoms with Crippen LogP contribution in [0.5, 0.6) is 0 Å².